The standard InChI is InChI=1S/C14H17FN2O2S/c1-3-19-7-8(2)17-14(18)13-12(16)10-6-9(15)4-5-11(10)20-13/h4-6,8H,3,7,16H2,1-2H3,(H,17,18). The van der Waals surface area contributed by atoms with Crippen LogP contribution in [0.5, 0.6) is 0 Å². The number of halogens is 1. The van der Waals surface area contributed by atoms with Crippen molar-refractivity contribution in [3.8, 4) is 0 Å². The van der Waals surface area contributed by atoms with E-state index in [-0.39, 0.29) is 17.8 Å². The highest BCUT2D eigenvalue weighted by Crippen LogP contribution is 2.33. The third-order valence-electron chi connectivity index (χ3n) is 2.84. The van der Waals surface area contributed by atoms with Crippen LogP contribution in [0.25, 0.3) is 10.1 Å². The number of anilines is 1. The first-order chi connectivity index (χ1) is 9.52. The fraction of sp³-hybridized carbons (Fsp3) is 0.357. The van der Waals surface area contributed by atoms with Crippen LogP contribution in [0.2, 0.25) is 0 Å². The lowest BCUT2D eigenvalue weighted by Gasteiger charge is -2.13. The summed E-state index contributed by atoms with van der Waals surface area (Å²) in [7, 11) is 0. The van der Waals surface area contributed by atoms with Gasteiger partial charge in [0.2, 0.25) is 0 Å². The maximum atomic E-state index is 13.2. The van der Waals surface area contributed by atoms with Crippen LogP contribution in [-0.4, -0.2) is 25.2 Å². The lowest BCUT2D eigenvalue weighted by atomic mass is 10.2. The van der Waals surface area contributed by atoms with E-state index >= 15 is 0 Å². The number of carbonyl (C=O) groups excluding carboxylic acids is 1. The first-order valence-electron chi connectivity index (χ1n) is 6.39. The predicted molar refractivity (Wildman–Crippen MR) is 79.6 cm³/mol. The van der Waals surface area contributed by atoms with E-state index in [2.05, 4.69) is 5.32 Å². The summed E-state index contributed by atoms with van der Waals surface area (Å²) in [4.78, 5) is 12.6. The number of nitrogens with two attached hydrogens (primary N) is 1. The monoisotopic (exact) mass is 296 g/mol. The molecule has 1 atom stereocenters. The Hall–Kier alpha value is -1.66. The van der Waals surface area contributed by atoms with Crippen molar-refractivity contribution in [1.82, 2.24) is 5.32 Å². The molecule has 0 radical (unpaired) electrons. The number of fused-ring (bicyclic) bond motifs is 1. The molecule has 3 N–H and O–H groups in total. The number of benzene rings is 1. The minimum absolute atomic E-state index is 0.108. The van der Waals surface area contributed by atoms with Crippen molar-refractivity contribution in [2.75, 3.05) is 18.9 Å². The summed E-state index contributed by atoms with van der Waals surface area (Å²) in [5.74, 6) is -0.616. The van der Waals surface area contributed by atoms with Crippen molar-refractivity contribution >= 4 is 33.0 Å². The molecule has 2 aromatic rings. The molecule has 0 aliphatic rings. The van der Waals surface area contributed by atoms with E-state index in [0.29, 0.717) is 29.2 Å². The smallest absolute Gasteiger partial charge is 0.263 e. The molecule has 6 heteroatoms. The molecule has 0 saturated heterocycles. The number of hydrogen-bond donors (Lipinski definition) is 2. The van der Waals surface area contributed by atoms with Gasteiger partial charge in [0.15, 0.2) is 0 Å². The van der Waals surface area contributed by atoms with Gasteiger partial charge in [0.1, 0.15) is 10.7 Å². The molecule has 0 fully saturated rings. The highest BCUT2D eigenvalue weighted by atomic mass is 32.1. The average Bonchev–Trinajstić information content (AvgIpc) is 2.74. The highest BCUT2D eigenvalue weighted by Gasteiger charge is 2.18. The van der Waals surface area contributed by atoms with Crippen molar-refractivity contribution in [2.45, 2.75) is 19.9 Å². The van der Waals surface area contributed by atoms with Gasteiger partial charge in [-0.3, -0.25) is 4.79 Å². The fourth-order valence-corrected chi connectivity index (χ4v) is 2.89. The molecule has 0 aliphatic heterocycles. The third kappa shape index (κ3) is 3.08. The number of hydrogen-bond acceptors (Lipinski definition) is 4. The van der Waals surface area contributed by atoms with Crippen LogP contribution in [0.3, 0.4) is 0 Å². The molecule has 1 unspecified atom stereocenters. The van der Waals surface area contributed by atoms with Gasteiger partial charge in [-0.15, -0.1) is 11.3 Å². The number of ether oxygens (including phenoxy) is 1. The molecule has 0 spiro atoms. The number of carbonyl (C=O) groups is 1. The maximum Gasteiger partial charge on any atom is 0.263 e. The lowest BCUT2D eigenvalue weighted by Crippen LogP contribution is -2.35. The Kier molecular flexibility index (Phi) is 4.57. The summed E-state index contributed by atoms with van der Waals surface area (Å²) >= 11 is 1.26. The van der Waals surface area contributed by atoms with E-state index < -0.39 is 0 Å². The molecule has 1 heterocycles. The van der Waals surface area contributed by atoms with Crippen LogP contribution in [0.15, 0.2) is 18.2 Å². The number of nitrogens with one attached hydrogen (secondary N) is 1. The summed E-state index contributed by atoms with van der Waals surface area (Å²) in [6.45, 7) is 4.80. The molecule has 0 bridgehead atoms. The molecule has 20 heavy (non-hydrogen) atoms. The van der Waals surface area contributed by atoms with Crippen LogP contribution < -0.4 is 11.1 Å². The molecule has 2 rings (SSSR count). The van der Waals surface area contributed by atoms with E-state index in [1.165, 1.54) is 23.5 Å². The molecule has 1 aromatic heterocycles. The Labute approximate surface area is 120 Å². The highest BCUT2D eigenvalue weighted by molar-refractivity contribution is 7.21. The van der Waals surface area contributed by atoms with E-state index in [0.717, 1.165) is 4.70 Å². The number of amides is 1. The summed E-state index contributed by atoms with van der Waals surface area (Å²) in [5, 5.41) is 3.40. The van der Waals surface area contributed by atoms with Gasteiger partial charge in [0.05, 0.1) is 12.3 Å². The molecule has 1 aromatic carbocycles. The summed E-state index contributed by atoms with van der Waals surface area (Å²) in [6.07, 6.45) is 0. The quantitative estimate of drug-likeness (QED) is 0.891. The molecule has 0 saturated carbocycles. The second kappa shape index (κ2) is 6.19. The summed E-state index contributed by atoms with van der Waals surface area (Å²) in [6, 6.07) is 4.23. The number of rotatable bonds is 5. The van der Waals surface area contributed by atoms with Crippen LogP contribution >= 0.6 is 11.3 Å². The predicted octanol–water partition coefficient (Wildman–Crippen LogP) is 2.78. The zero-order valence-electron chi connectivity index (χ0n) is 11.4. The number of thiophene rings is 1. The van der Waals surface area contributed by atoms with Crippen LogP contribution in [0.1, 0.15) is 23.5 Å². The Morgan fingerprint density at radius 3 is 3.00 bits per heavy atom. The van der Waals surface area contributed by atoms with Crippen molar-refractivity contribution in [3.63, 3.8) is 0 Å². The maximum absolute atomic E-state index is 13.2. The zero-order valence-corrected chi connectivity index (χ0v) is 12.2. The second-order valence-corrected chi connectivity index (χ2v) is 5.57. The van der Waals surface area contributed by atoms with E-state index in [4.69, 9.17) is 10.5 Å². The molecule has 108 valence electrons. The Bertz CT molecular complexity index is 627. The van der Waals surface area contributed by atoms with Crippen molar-refractivity contribution in [1.29, 1.82) is 0 Å². The number of nitrogen functional groups attached to an aromatic ring is 1. The van der Waals surface area contributed by atoms with Gasteiger partial charge in [-0.25, -0.2) is 4.39 Å². The Morgan fingerprint density at radius 2 is 2.30 bits per heavy atom. The van der Waals surface area contributed by atoms with Gasteiger partial charge < -0.3 is 15.8 Å². The first kappa shape index (κ1) is 14.7. The molecule has 0 aliphatic carbocycles. The van der Waals surface area contributed by atoms with Crippen LogP contribution in [0, 0.1) is 5.82 Å². The van der Waals surface area contributed by atoms with Crippen molar-refractivity contribution in [2.24, 2.45) is 0 Å². The van der Waals surface area contributed by atoms with E-state index in [1.807, 2.05) is 13.8 Å². The normalized spacial score (nSPS) is 12.6. The average molecular weight is 296 g/mol. The Balaban J connectivity index is 2.20. The van der Waals surface area contributed by atoms with Gasteiger partial charge >= 0.3 is 0 Å². The molecular weight excluding hydrogens is 279 g/mol. The molecule has 1 amide bonds. The van der Waals surface area contributed by atoms with E-state index in [9.17, 15) is 9.18 Å². The minimum atomic E-state index is -0.362. The van der Waals surface area contributed by atoms with Crippen molar-refractivity contribution in [3.05, 3.63) is 28.9 Å². The second-order valence-electron chi connectivity index (χ2n) is 4.52. The summed E-state index contributed by atoms with van der Waals surface area (Å²) in [5.41, 5.74) is 6.26. The first-order valence-corrected chi connectivity index (χ1v) is 7.20. The van der Waals surface area contributed by atoms with Gasteiger partial charge in [-0.2, -0.15) is 0 Å². The largest absolute Gasteiger partial charge is 0.397 e. The van der Waals surface area contributed by atoms with Gasteiger partial charge in [-0.1, -0.05) is 0 Å². The zero-order chi connectivity index (χ0) is 14.7. The SMILES string of the molecule is CCOCC(C)NC(=O)c1sc2ccc(F)cc2c1N. The van der Waals surface area contributed by atoms with Crippen molar-refractivity contribution < 1.29 is 13.9 Å². The molecule has 4 nitrogen and oxygen atoms in total. The lowest BCUT2D eigenvalue weighted by molar-refractivity contribution is 0.0876. The Morgan fingerprint density at radius 1 is 1.55 bits per heavy atom. The van der Waals surface area contributed by atoms with Crippen LogP contribution in [0.4, 0.5) is 10.1 Å². The topological polar surface area (TPSA) is 64.3 Å². The van der Waals surface area contributed by atoms with Gasteiger partial charge in [0.25, 0.3) is 5.91 Å². The van der Waals surface area contributed by atoms with Gasteiger partial charge in [-0.05, 0) is 32.0 Å². The third-order valence-corrected chi connectivity index (χ3v) is 4.03. The van der Waals surface area contributed by atoms with Gasteiger partial charge in [0, 0.05) is 22.7 Å². The summed E-state index contributed by atoms with van der Waals surface area (Å²) < 4.78 is 19.3. The molecular formula is C14H17FN2O2S. The minimum Gasteiger partial charge on any atom is -0.397 e. The van der Waals surface area contributed by atoms with E-state index in [1.54, 1.807) is 6.07 Å². The van der Waals surface area contributed by atoms with Crippen LogP contribution in [-0.2, 0) is 4.74 Å². The fourth-order valence-electron chi connectivity index (χ4n) is 1.88.